The largest absolute Gasteiger partial charge is 0.488 e. The molecule has 3 aromatic rings. The Bertz CT molecular complexity index is 1190. The molecule has 0 heterocycles. The summed E-state index contributed by atoms with van der Waals surface area (Å²) in [5.41, 5.74) is 1.34. The van der Waals surface area contributed by atoms with Crippen LogP contribution < -0.4 is 4.74 Å². The highest BCUT2D eigenvalue weighted by atomic mass is 19.2. The summed E-state index contributed by atoms with van der Waals surface area (Å²) < 4.78 is 77.1. The molecule has 0 N–H and O–H groups in total. The number of ether oxygens (including phenoxy) is 1. The van der Waals surface area contributed by atoms with Gasteiger partial charge < -0.3 is 4.74 Å². The molecule has 0 unspecified atom stereocenters. The van der Waals surface area contributed by atoms with Crippen LogP contribution in [0.4, 0.5) is 22.0 Å². The van der Waals surface area contributed by atoms with Crippen molar-refractivity contribution in [1.82, 2.24) is 0 Å². The molecule has 0 spiro atoms. The highest BCUT2D eigenvalue weighted by Gasteiger charge is 2.15. The fourth-order valence-electron chi connectivity index (χ4n) is 3.55. The lowest BCUT2D eigenvalue weighted by molar-refractivity contribution is 0.279. The molecule has 0 saturated heterocycles. The van der Waals surface area contributed by atoms with E-state index in [2.05, 4.69) is 0 Å². The van der Waals surface area contributed by atoms with E-state index in [9.17, 15) is 22.0 Å². The second-order valence-corrected chi connectivity index (χ2v) is 8.07. The van der Waals surface area contributed by atoms with E-state index in [4.69, 9.17) is 4.74 Å². The second-order valence-electron chi connectivity index (χ2n) is 8.07. The number of halogens is 5. The number of rotatable bonds is 10. The van der Waals surface area contributed by atoms with E-state index in [-0.39, 0.29) is 24.2 Å². The van der Waals surface area contributed by atoms with E-state index in [0.29, 0.717) is 29.5 Å². The molecule has 6 heteroatoms. The average Bonchev–Trinajstić information content (AvgIpc) is 2.85. The standard InChI is InChI=1S/C29H27F5O/c1-3-5-7-8-24(30)28(34)21-13-14-23(25(31)16-21)20-11-9-19(10-12-20)22-17-26(32)29(27(33)18-22)35-15-6-4-2/h3,5,9-14,16-18H,4,6-8,15H2,1-2H3. The van der Waals surface area contributed by atoms with Crippen LogP contribution in [-0.2, 0) is 0 Å². The summed E-state index contributed by atoms with van der Waals surface area (Å²) in [4.78, 5) is 0. The molecule has 184 valence electrons. The summed E-state index contributed by atoms with van der Waals surface area (Å²) in [7, 11) is 0. The summed E-state index contributed by atoms with van der Waals surface area (Å²) in [6, 6.07) is 12.4. The van der Waals surface area contributed by atoms with Gasteiger partial charge in [0.15, 0.2) is 23.2 Å². The van der Waals surface area contributed by atoms with E-state index in [1.54, 1.807) is 43.3 Å². The molecule has 3 rings (SSSR count). The molecule has 0 aliphatic carbocycles. The lowest BCUT2D eigenvalue weighted by atomic mass is 9.98. The van der Waals surface area contributed by atoms with E-state index in [0.717, 1.165) is 12.5 Å². The van der Waals surface area contributed by atoms with Crippen LogP contribution in [0.5, 0.6) is 5.75 Å². The van der Waals surface area contributed by atoms with Gasteiger partial charge in [-0.25, -0.2) is 22.0 Å². The molecule has 0 amide bonds. The molecule has 0 bridgehead atoms. The summed E-state index contributed by atoms with van der Waals surface area (Å²) in [6.07, 6.45) is 5.25. The number of hydrogen-bond acceptors (Lipinski definition) is 1. The first kappa shape index (κ1) is 26.2. The predicted molar refractivity (Wildman–Crippen MR) is 131 cm³/mol. The lowest BCUT2D eigenvalue weighted by Crippen LogP contribution is -2.01. The number of benzene rings is 3. The smallest absolute Gasteiger partial charge is 0.190 e. The van der Waals surface area contributed by atoms with Crippen LogP contribution in [0.25, 0.3) is 28.1 Å². The van der Waals surface area contributed by atoms with Gasteiger partial charge in [0.2, 0.25) is 0 Å². The molecule has 0 aliphatic heterocycles. The van der Waals surface area contributed by atoms with Crippen LogP contribution in [0.15, 0.2) is 72.6 Å². The summed E-state index contributed by atoms with van der Waals surface area (Å²) in [5.74, 6) is -4.72. The van der Waals surface area contributed by atoms with Crippen molar-refractivity contribution in [3.8, 4) is 28.0 Å². The molecular formula is C29H27F5O. The SMILES string of the molecule is CC=CCCC(F)=C(F)c1ccc(-c2ccc(-c3cc(F)c(OCCCC)c(F)c3)cc2)c(F)c1. The molecule has 0 atom stereocenters. The topological polar surface area (TPSA) is 9.23 Å². The van der Waals surface area contributed by atoms with Crippen LogP contribution in [0.1, 0.15) is 45.1 Å². The zero-order valence-electron chi connectivity index (χ0n) is 19.7. The van der Waals surface area contributed by atoms with Crippen molar-refractivity contribution in [2.24, 2.45) is 0 Å². The minimum absolute atomic E-state index is 0.103. The van der Waals surface area contributed by atoms with Crippen LogP contribution in [0.2, 0.25) is 0 Å². The maximum Gasteiger partial charge on any atom is 0.190 e. The Morgan fingerprint density at radius 3 is 2.09 bits per heavy atom. The number of unbranched alkanes of at least 4 members (excludes halogenated alkanes) is 1. The Morgan fingerprint density at radius 2 is 1.49 bits per heavy atom. The van der Waals surface area contributed by atoms with Crippen LogP contribution in [0.3, 0.4) is 0 Å². The summed E-state index contributed by atoms with van der Waals surface area (Å²) in [6.45, 7) is 3.96. The molecular weight excluding hydrogens is 459 g/mol. The lowest BCUT2D eigenvalue weighted by Gasteiger charge is -2.11. The van der Waals surface area contributed by atoms with Gasteiger partial charge >= 0.3 is 0 Å². The maximum atomic E-state index is 14.7. The summed E-state index contributed by atoms with van der Waals surface area (Å²) in [5, 5.41) is 0. The highest BCUT2D eigenvalue weighted by molar-refractivity contribution is 5.73. The molecule has 1 nitrogen and oxygen atoms in total. The first-order chi connectivity index (χ1) is 16.8. The fourth-order valence-corrected chi connectivity index (χ4v) is 3.55. The molecule has 0 saturated carbocycles. The molecule has 3 aromatic carbocycles. The third kappa shape index (κ3) is 6.59. The Kier molecular flexibility index (Phi) is 9.24. The molecule has 0 fully saturated rings. The Labute approximate surface area is 202 Å². The Balaban J connectivity index is 1.81. The number of allylic oxidation sites excluding steroid dienone is 3. The van der Waals surface area contributed by atoms with E-state index in [1.807, 2.05) is 6.92 Å². The maximum absolute atomic E-state index is 14.7. The van der Waals surface area contributed by atoms with E-state index < -0.39 is 34.9 Å². The molecule has 0 aliphatic rings. The predicted octanol–water partition coefficient (Wildman–Crippen LogP) is 9.58. The third-order valence-corrected chi connectivity index (χ3v) is 5.50. The van der Waals surface area contributed by atoms with Gasteiger partial charge in [0.1, 0.15) is 11.6 Å². The molecule has 0 aromatic heterocycles. The number of hydrogen-bond donors (Lipinski definition) is 0. The van der Waals surface area contributed by atoms with Gasteiger partial charge in [-0.05, 0) is 54.7 Å². The normalized spacial score (nSPS) is 12.2. The van der Waals surface area contributed by atoms with Crippen LogP contribution >= 0.6 is 0 Å². The summed E-state index contributed by atoms with van der Waals surface area (Å²) >= 11 is 0. The zero-order valence-corrected chi connectivity index (χ0v) is 19.7. The van der Waals surface area contributed by atoms with Crippen LogP contribution in [0, 0.1) is 17.5 Å². The van der Waals surface area contributed by atoms with Crippen molar-refractivity contribution in [2.45, 2.75) is 39.5 Å². The van der Waals surface area contributed by atoms with Gasteiger partial charge in [-0.1, -0.05) is 61.9 Å². The van der Waals surface area contributed by atoms with E-state index >= 15 is 0 Å². The first-order valence-electron chi connectivity index (χ1n) is 11.5. The van der Waals surface area contributed by atoms with Gasteiger partial charge in [0, 0.05) is 17.5 Å². The quantitative estimate of drug-likeness (QED) is 0.157. The van der Waals surface area contributed by atoms with Crippen molar-refractivity contribution in [2.75, 3.05) is 6.61 Å². The van der Waals surface area contributed by atoms with Crippen LogP contribution in [-0.4, -0.2) is 6.61 Å². The minimum Gasteiger partial charge on any atom is -0.488 e. The van der Waals surface area contributed by atoms with Gasteiger partial charge in [-0.2, -0.15) is 0 Å². The average molecular weight is 487 g/mol. The van der Waals surface area contributed by atoms with Crippen molar-refractivity contribution in [3.05, 3.63) is 95.6 Å². The zero-order chi connectivity index (χ0) is 25.4. The first-order valence-corrected chi connectivity index (χ1v) is 11.5. The highest BCUT2D eigenvalue weighted by Crippen LogP contribution is 2.33. The van der Waals surface area contributed by atoms with Crippen molar-refractivity contribution < 1.29 is 26.7 Å². The second kappa shape index (κ2) is 12.3. The third-order valence-electron chi connectivity index (χ3n) is 5.50. The van der Waals surface area contributed by atoms with Gasteiger partial charge in [0.05, 0.1) is 6.61 Å². The van der Waals surface area contributed by atoms with Crippen molar-refractivity contribution in [1.29, 1.82) is 0 Å². The van der Waals surface area contributed by atoms with Gasteiger partial charge in [0.25, 0.3) is 0 Å². The van der Waals surface area contributed by atoms with E-state index in [1.165, 1.54) is 24.3 Å². The monoisotopic (exact) mass is 486 g/mol. The molecule has 0 radical (unpaired) electrons. The van der Waals surface area contributed by atoms with Gasteiger partial charge in [-0.15, -0.1) is 0 Å². The Hall–Kier alpha value is -3.41. The van der Waals surface area contributed by atoms with Gasteiger partial charge in [-0.3, -0.25) is 0 Å². The Morgan fingerprint density at radius 1 is 0.829 bits per heavy atom. The van der Waals surface area contributed by atoms with Crippen molar-refractivity contribution in [3.63, 3.8) is 0 Å². The minimum atomic E-state index is -1.08. The molecule has 35 heavy (non-hydrogen) atoms. The van der Waals surface area contributed by atoms with Crippen molar-refractivity contribution >= 4 is 5.83 Å². The fraction of sp³-hybridized carbons (Fsp3) is 0.241.